The van der Waals surface area contributed by atoms with E-state index in [9.17, 15) is 9.59 Å². The maximum absolute atomic E-state index is 12.4. The van der Waals surface area contributed by atoms with Crippen LogP contribution in [0.5, 0.6) is 0 Å². The Balaban J connectivity index is 1.74. The molecule has 0 aromatic heterocycles. The van der Waals surface area contributed by atoms with E-state index in [1.165, 1.54) is 6.42 Å². The van der Waals surface area contributed by atoms with Crippen LogP contribution >= 0.6 is 0 Å². The van der Waals surface area contributed by atoms with Crippen LogP contribution in [0.15, 0.2) is 4.99 Å². The number of hydrogen-bond donors (Lipinski definition) is 1. The normalized spacial score (nSPS) is 19.7. The number of piperazine rings is 1. The van der Waals surface area contributed by atoms with E-state index in [4.69, 9.17) is 0 Å². The minimum absolute atomic E-state index is 0.0203. The van der Waals surface area contributed by atoms with Crippen molar-refractivity contribution >= 4 is 17.8 Å². The minimum Gasteiger partial charge on any atom is -0.347 e. The van der Waals surface area contributed by atoms with E-state index in [2.05, 4.69) is 20.1 Å². The molecule has 0 radical (unpaired) electrons. The van der Waals surface area contributed by atoms with Crippen LogP contribution in [0.1, 0.15) is 19.3 Å². The van der Waals surface area contributed by atoms with Crippen molar-refractivity contribution in [3.63, 3.8) is 0 Å². The van der Waals surface area contributed by atoms with Gasteiger partial charge in [-0.25, -0.2) is 0 Å². The number of nitrogens with zero attached hydrogens (tertiary/aromatic N) is 5. The number of likely N-dealkylation sites (N-methyl/N-ethyl adjacent to an activating group) is 1. The number of guanidine groups is 1. The third-order valence-electron chi connectivity index (χ3n) is 4.85. The van der Waals surface area contributed by atoms with Gasteiger partial charge in [0.2, 0.25) is 11.8 Å². The SMILES string of the molecule is CN=C(NCC(=O)N(C)C)N1CCN(CC(=O)N2CCCCC2)CC1. The highest BCUT2D eigenvalue weighted by atomic mass is 16.2. The zero-order valence-electron chi connectivity index (χ0n) is 15.8. The molecule has 2 fully saturated rings. The largest absolute Gasteiger partial charge is 0.347 e. The van der Waals surface area contributed by atoms with Crippen LogP contribution in [0.2, 0.25) is 0 Å². The Labute approximate surface area is 150 Å². The number of carbonyl (C=O) groups excluding carboxylic acids is 2. The maximum Gasteiger partial charge on any atom is 0.241 e. The molecule has 2 rings (SSSR count). The predicted molar refractivity (Wildman–Crippen MR) is 98.5 cm³/mol. The van der Waals surface area contributed by atoms with Crippen LogP contribution in [0, 0.1) is 0 Å². The van der Waals surface area contributed by atoms with Crippen LogP contribution in [0.4, 0.5) is 0 Å². The molecule has 8 nitrogen and oxygen atoms in total. The first-order valence-electron chi connectivity index (χ1n) is 9.17. The molecule has 8 heteroatoms. The summed E-state index contributed by atoms with van der Waals surface area (Å²) in [4.78, 5) is 36.3. The second-order valence-electron chi connectivity index (χ2n) is 6.89. The highest BCUT2D eigenvalue weighted by Crippen LogP contribution is 2.10. The zero-order chi connectivity index (χ0) is 18.2. The number of likely N-dealkylation sites (tertiary alicyclic amines) is 1. The van der Waals surface area contributed by atoms with Crippen molar-refractivity contribution in [2.24, 2.45) is 4.99 Å². The van der Waals surface area contributed by atoms with E-state index in [1.807, 2.05) is 4.90 Å². The molecule has 142 valence electrons. The van der Waals surface area contributed by atoms with E-state index in [0.717, 1.165) is 58.1 Å². The Bertz CT molecular complexity index is 480. The van der Waals surface area contributed by atoms with Gasteiger partial charge in [-0.05, 0) is 19.3 Å². The molecule has 2 amide bonds. The molecule has 0 aromatic rings. The smallest absolute Gasteiger partial charge is 0.241 e. The van der Waals surface area contributed by atoms with E-state index < -0.39 is 0 Å². The number of amides is 2. The van der Waals surface area contributed by atoms with Gasteiger partial charge in [0, 0.05) is 60.4 Å². The summed E-state index contributed by atoms with van der Waals surface area (Å²) in [7, 11) is 5.21. The van der Waals surface area contributed by atoms with E-state index in [0.29, 0.717) is 6.54 Å². The van der Waals surface area contributed by atoms with Crippen molar-refractivity contribution < 1.29 is 9.59 Å². The van der Waals surface area contributed by atoms with Gasteiger partial charge in [0.25, 0.3) is 0 Å². The lowest BCUT2D eigenvalue weighted by molar-refractivity contribution is -0.133. The molecule has 0 aromatic carbocycles. The van der Waals surface area contributed by atoms with Crippen molar-refractivity contribution in [1.82, 2.24) is 24.9 Å². The number of aliphatic imine (C=N–C) groups is 1. The summed E-state index contributed by atoms with van der Waals surface area (Å²) in [6.07, 6.45) is 3.51. The first-order valence-corrected chi connectivity index (χ1v) is 9.17. The minimum atomic E-state index is 0.0203. The first kappa shape index (κ1) is 19.5. The Morgan fingerprint density at radius 3 is 2.16 bits per heavy atom. The van der Waals surface area contributed by atoms with Gasteiger partial charge in [-0.3, -0.25) is 19.5 Å². The number of nitrogens with one attached hydrogen (secondary N) is 1. The molecule has 1 N–H and O–H groups in total. The highest BCUT2D eigenvalue weighted by molar-refractivity contribution is 5.86. The van der Waals surface area contributed by atoms with E-state index >= 15 is 0 Å². The molecule has 0 bridgehead atoms. The summed E-state index contributed by atoms with van der Waals surface area (Å²) in [6.45, 7) is 5.87. The van der Waals surface area contributed by atoms with Gasteiger partial charge in [-0.1, -0.05) is 0 Å². The summed E-state index contributed by atoms with van der Waals surface area (Å²) in [6, 6.07) is 0. The molecular weight excluding hydrogens is 320 g/mol. The molecule has 25 heavy (non-hydrogen) atoms. The molecule has 0 atom stereocenters. The Morgan fingerprint density at radius 1 is 0.960 bits per heavy atom. The average molecular weight is 352 g/mol. The third-order valence-corrected chi connectivity index (χ3v) is 4.85. The summed E-state index contributed by atoms with van der Waals surface area (Å²) in [5.41, 5.74) is 0. The summed E-state index contributed by atoms with van der Waals surface area (Å²) in [5.74, 6) is 1.02. The second-order valence-corrected chi connectivity index (χ2v) is 6.89. The van der Waals surface area contributed by atoms with Crippen molar-refractivity contribution in [3.8, 4) is 0 Å². The molecule has 2 saturated heterocycles. The fraction of sp³-hybridized carbons (Fsp3) is 0.824. The Kier molecular flexibility index (Phi) is 7.49. The van der Waals surface area contributed by atoms with Gasteiger partial charge in [0.05, 0.1) is 13.1 Å². The monoisotopic (exact) mass is 352 g/mol. The molecule has 0 saturated carbocycles. The lowest BCUT2D eigenvalue weighted by atomic mass is 10.1. The Hall–Kier alpha value is -1.83. The van der Waals surface area contributed by atoms with Crippen LogP contribution in [0.3, 0.4) is 0 Å². The molecule has 2 aliphatic heterocycles. The average Bonchev–Trinajstić information content (AvgIpc) is 2.63. The van der Waals surface area contributed by atoms with Crippen LogP contribution in [0.25, 0.3) is 0 Å². The fourth-order valence-electron chi connectivity index (χ4n) is 3.20. The van der Waals surface area contributed by atoms with Gasteiger partial charge in [0.15, 0.2) is 5.96 Å². The number of carbonyl (C=O) groups is 2. The summed E-state index contributed by atoms with van der Waals surface area (Å²) >= 11 is 0. The maximum atomic E-state index is 12.4. The van der Waals surface area contributed by atoms with Gasteiger partial charge >= 0.3 is 0 Å². The lowest BCUT2D eigenvalue weighted by Gasteiger charge is -2.37. The standard InChI is InChI=1S/C17H32N6O2/c1-18-17(19-13-15(24)20(2)3)23-11-9-21(10-12-23)14-16(25)22-7-5-4-6-8-22/h4-14H2,1-3H3,(H,18,19). The predicted octanol–water partition coefficient (Wildman–Crippen LogP) is -0.720. The molecule has 0 unspecified atom stereocenters. The summed E-state index contributed by atoms with van der Waals surface area (Å²) < 4.78 is 0. The van der Waals surface area contributed by atoms with E-state index in [1.54, 1.807) is 26.0 Å². The van der Waals surface area contributed by atoms with Crippen LogP contribution in [-0.2, 0) is 9.59 Å². The van der Waals surface area contributed by atoms with Gasteiger partial charge in [-0.15, -0.1) is 0 Å². The third kappa shape index (κ3) is 5.88. The Morgan fingerprint density at radius 2 is 1.60 bits per heavy atom. The second kappa shape index (κ2) is 9.60. The molecular formula is C17H32N6O2. The fourth-order valence-corrected chi connectivity index (χ4v) is 3.20. The molecule has 2 aliphatic rings. The molecule has 2 heterocycles. The topological polar surface area (TPSA) is 71.5 Å². The number of piperidine rings is 1. The van der Waals surface area contributed by atoms with Crippen LogP contribution in [-0.4, -0.2) is 111 Å². The van der Waals surface area contributed by atoms with E-state index in [-0.39, 0.29) is 18.4 Å². The van der Waals surface area contributed by atoms with Crippen molar-refractivity contribution in [1.29, 1.82) is 0 Å². The zero-order valence-corrected chi connectivity index (χ0v) is 15.8. The number of hydrogen-bond acceptors (Lipinski definition) is 4. The molecule has 0 aliphatic carbocycles. The first-order chi connectivity index (χ1) is 12.0. The van der Waals surface area contributed by atoms with Crippen LogP contribution < -0.4 is 5.32 Å². The van der Waals surface area contributed by atoms with Crippen molar-refractivity contribution in [3.05, 3.63) is 0 Å². The highest BCUT2D eigenvalue weighted by Gasteiger charge is 2.24. The number of rotatable bonds is 4. The molecule has 0 spiro atoms. The van der Waals surface area contributed by atoms with Gasteiger partial charge in [-0.2, -0.15) is 0 Å². The van der Waals surface area contributed by atoms with Gasteiger partial charge < -0.3 is 20.0 Å². The van der Waals surface area contributed by atoms with Crippen molar-refractivity contribution in [2.45, 2.75) is 19.3 Å². The van der Waals surface area contributed by atoms with Gasteiger partial charge in [0.1, 0.15) is 0 Å². The lowest BCUT2D eigenvalue weighted by Crippen LogP contribution is -2.55. The summed E-state index contributed by atoms with van der Waals surface area (Å²) in [5, 5.41) is 3.12. The van der Waals surface area contributed by atoms with Crippen molar-refractivity contribution in [2.75, 3.05) is 73.5 Å². The quantitative estimate of drug-likeness (QED) is 0.534.